The third-order valence-corrected chi connectivity index (χ3v) is 2.76. The van der Waals surface area contributed by atoms with E-state index < -0.39 is 11.2 Å². The van der Waals surface area contributed by atoms with Crippen LogP contribution in [0.4, 0.5) is 0 Å². The van der Waals surface area contributed by atoms with Crippen molar-refractivity contribution in [3.05, 3.63) is 38.9 Å². The topological polar surface area (TPSA) is 96.7 Å². The number of aromatic nitrogens is 4. The van der Waals surface area contributed by atoms with Gasteiger partial charge in [-0.15, -0.1) is 0 Å². The number of H-pyrrole nitrogens is 2. The molecule has 7 heteroatoms. The lowest BCUT2D eigenvalue weighted by molar-refractivity contribution is 0.534. The number of nitrogens with zero attached hydrogens (tertiary/aromatic N) is 2. The van der Waals surface area contributed by atoms with Crippen LogP contribution in [-0.2, 0) is 7.05 Å². The molecule has 7 nitrogen and oxygen atoms in total. The highest BCUT2D eigenvalue weighted by Gasteiger charge is 2.12. The molecule has 3 heterocycles. The molecule has 0 amide bonds. The highest BCUT2D eigenvalue weighted by molar-refractivity contribution is 5.75. The molecule has 0 fully saturated rings. The Bertz CT molecular complexity index is 849. The zero-order chi connectivity index (χ0) is 12.9. The van der Waals surface area contributed by atoms with Crippen molar-refractivity contribution in [2.45, 2.75) is 6.92 Å². The Kier molecular flexibility index (Phi) is 2.03. The monoisotopic (exact) mass is 246 g/mol. The lowest BCUT2D eigenvalue weighted by Gasteiger charge is -1.94. The summed E-state index contributed by atoms with van der Waals surface area (Å²) in [6.07, 6.45) is 1.54. The van der Waals surface area contributed by atoms with Crippen LogP contribution in [0.25, 0.3) is 22.6 Å². The van der Waals surface area contributed by atoms with Crippen molar-refractivity contribution in [3.63, 3.8) is 0 Å². The quantitative estimate of drug-likeness (QED) is 0.654. The molecule has 0 unspecified atom stereocenters. The summed E-state index contributed by atoms with van der Waals surface area (Å²) in [6.45, 7) is 1.81. The van der Waals surface area contributed by atoms with Crippen LogP contribution in [-0.4, -0.2) is 19.5 Å². The summed E-state index contributed by atoms with van der Waals surface area (Å²) in [6, 6.07) is 1.80. The minimum atomic E-state index is -0.492. The summed E-state index contributed by atoms with van der Waals surface area (Å²) in [7, 11) is 1.55. The second-order valence-corrected chi connectivity index (χ2v) is 4.05. The van der Waals surface area contributed by atoms with Gasteiger partial charge in [-0.2, -0.15) is 0 Å². The second kappa shape index (κ2) is 3.46. The van der Waals surface area contributed by atoms with E-state index in [1.54, 1.807) is 19.4 Å². The third-order valence-electron chi connectivity index (χ3n) is 2.76. The first-order chi connectivity index (χ1) is 8.56. The Hall–Kier alpha value is -2.57. The molecule has 92 valence electrons. The van der Waals surface area contributed by atoms with Gasteiger partial charge < -0.3 is 9.40 Å². The van der Waals surface area contributed by atoms with Crippen LogP contribution in [0.2, 0.25) is 0 Å². The normalized spacial score (nSPS) is 11.2. The number of furan rings is 1. The number of fused-ring (bicyclic) bond motifs is 1. The number of hydrogen-bond acceptors (Lipinski definition) is 4. The summed E-state index contributed by atoms with van der Waals surface area (Å²) in [4.78, 5) is 32.4. The van der Waals surface area contributed by atoms with Crippen LogP contribution in [0.3, 0.4) is 0 Å². The molecule has 0 aliphatic rings. The van der Waals surface area contributed by atoms with E-state index in [4.69, 9.17) is 4.42 Å². The summed E-state index contributed by atoms with van der Waals surface area (Å²) < 4.78 is 6.47. The van der Waals surface area contributed by atoms with Crippen LogP contribution < -0.4 is 11.2 Å². The fraction of sp³-hybridized carbons (Fsp3) is 0.182. The van der Waals surface area contributed by atoms with Crippen molar-refractivity contribution < 1.29 is 4.42 Å². The SMILES string of the molecule is Cc1cc(-c2nc3c([nH]2)c(=O)[nH]c(=O)n3C)co1. The third kappa shape index (κ3) is 1.41. The summed E-state index contributed by atoms with van der Waals surface area (Å²) in [5.74, 6) is 1.24. The molecule has 0 saturated heterocycles. The van der Waals surface area contributed by atoms with E-state index >= 15 is 0 Å². The molecule has 0 bridgehead atoms. The van der Waals surface area contributed by atoms with Gasteiger partial charge in [0.05, 0.1) is 5.56 Å². The Morgan fingerprint density at radius 1 is 1.33 bits per heavy atom. The summed E-state index contributed by atoms with van der Waals surface area (Å²) in [5, 5.41) is 0. The first kappa shape index (κ1) is 10.6. The summed E-state index contributed by atoms with van der Waals surface area (Å²) in [5.41, 5.74) is 0.347. The molecule has 18 heavy (non-hydrogen) atoms. The van der Waals surface area contributed by atoms with Gasteiger partial charge in [0.2, 0.25) is 0 Å². The fourth-order valence-electron chi connectivity index (χ4n) is 1.81. The molecule has 0 radical (unpaired) electrons. The van der Waals surface area contributed by atoms with Crippen LogP contribution in [0.5, 0.6) is 0 Å². The van der Waals surface area contributed by atoms with Crippen molar-refractivity contribution in [2.24, 2.45) is 7.05 Å². The number of imidazole rings is 1. The second-order valence-electron chi connectivity index (χ2n) is 4.05. The first-order valence-electron chi connectivity index (χ1n) is 5.31. The average Bonchev–Trinajstić information content (AvgIpc) is 2.92. The predicted octanol–water partition coefficient (Wildman–Crippen LogP) is 0.518. The fourth-order valence-corrected chi connectivity index (χ4v) is 1.81. The van der Waals surface area contributed by atoms with Crippen molar-refractivity contribution >= 4 is 11.2 Å². The van der Waals surface area contributed by atoms with Gasteiger partial charge in [0, 0.05) is 7.05 Å². The highest BCUT2D eigenvalue weighted by Crippen LogP contribution is 2.20. The number of rotatable bonds is 1. The van der Waals surface area contributed by atoms with Gasteiger partial charge in [-0.1, -0.05) is 0 Å². The molecule has 2 N–H and O–H groups in total. The maximum atomic E-state index is 11.6. The standard InChI is InChI=1S/C11H10N4O3/c1-5-3-6(4-18-5)8-12-7-9(13-8)15(2)11(17)14-10(7)16/h3-4H,1-2H3,(H,12,13)(H,14,16,17). The van der Waals surface area contributed by atoms with Gasteiger partial charge in [0.25, 0.3) is 5.56 Å². The average molecular weight is 246 g/mol. The maximum Gasteiger partial charge on any atom is 0.329 e. The molecule has 0 aliphatic heterocycles. The molecule has 0 saturated carbocycles. The number of aryl methyl sites for hydroxylation is 2. The molecular formula is C11H10N4O3. The Balaban J connectivity index is 2.35. The van der Waals surface area contributed by atoms with Crippen molar-refractivity contribution in [2.75, 3.05) is 0 Å². The molecule has 0 aliphatic carbocycles. The molecule has 3 rings (SSSR count). The van der Waals surface area contributed by atoms with Crippen LogP contribution >= 0.6 is 0 Å². The van der Waals surface area contributed by atoms with Gasteiger partial charge in [0.15, 0.2) is 5.65 Å². The Labute approximate surface area is 100 Å². The van der Waals surface area contributed by atoms with E-state index in [1.807, 2.05) is 6.92 Å². The van der Waals surface area contributed by atoms with Crippen molar-refractivity contribution in [1.29, 1.82) is 0 Å². The minimum absolute atomic E-state index is 0.269. The van der Waals surface area contributed by atoms with Crippen LogP contribution in [0.15, 0.2) is 26.3 Å². The highest BCUT2D eigenvalue weighted by atomic mass is 16.3. The number of hydrogen-bond donors (Lipinski definition) is 2. The summed E-state index contributed by atoms with van der Waals surface area (Å²) >= 11 is 0. The molecule has 0 aromatic carbocycles. The van der Waals surface area contributed by atoms with E-state index in [-0.39, 0.29) is 5.52 Å². The van der Waals surface area contributed by atoms with E-state index in [9.17, 15) is 9.59 Å². The van der Waals surface area contributed by atoms with Crippen molar-refractivity contribution in [1.82, 2.24) is 19.5 Å². The predicted molar refractivity (Wildman–Crippen MR) is 64.4 cm³/mol. The van der Waals surface area contributed by atoms with Gasteiger partial charge in [-0.3, -0.25) is 14.3 Å². The Morgan fingerprint density at radius 2 is 2.11 bits per heavy atom. The molecular weight excluding hydrogens is 236 g/mol. The van der Waals surface area contributed by atoms with E-state index in [2.05, 4.69) is 15.0 Å². The van der Waals surface area contributed by atoms with Gasteiger partial charge in [-0.05, 0) is 13.0 Å². The smallest absolute Gasteiger partial charge is 0.329 e. The minimum Gasteiger partial charge on any atom is -0.469 e. The van der Waals surface area contributed by atoms with E-state index in [1.165, 1.54) is 4.57 Å². The number of aromatic amines is 2. The van der Waals surface area contributed by atoms with E-state index in [0.29, 0.717) is 11.5 Å². The van der Waals surface area contributed by atoms with Crippen LogP contribution in [0.1, 0.15) is 5.76 Å². The van der Waals surface area contributed by atoms with Crippen LogP contribution in [0, 0.1) is 6.92 Å². The van der Waals surface area contributed by atoms with Crippen molar-refractivity contribution in [3.8, 4) is 11.4 Å². The lowest BCUT2D eigenvalue weighted by Crippen LogP contribution is -2.28. The maximum absolute atomic E-state index is 11.6. The molecule has 0 atom stereocenters. The Morgan fingerprint density at radius 3 is 2.78 bits per heavy atom. The molecule has 0 spiro atoms. The van der Waals surface area contributed by atoms with Gasteiger partial charge in [-0.25, -0.2) is 9.78 Å². The van der Waals surface area contributed by atoms with Gasteiger partial charge >= 0.3 is 5.69 Å². The zero-order valence-corrected chi connectivity index (χ0v) is 9.77. The first-order valence-corrected chi connectivity index (χ1v) is 5.31. The van der Waals surface area contributed by atoms with Gasteiger partial charge in [0.1, 0.15) is 23.4 Å². The van der Waals surface area contributed by atoms with E-state index in [0.717, 1.165) is 11.3 Å². The molecule has 3 aromatic heterocycles. The lowest BCUT2D eigenvalue weighted by atomic mass is 10.3. The largest absolute Gasteiger partial charge is 0.469 e. The number of nitrogens with one attached hydrogen (secondary N) is 2. The zero-order valence-electron chi connectivity index (χ0n) is 9.77. The molecule has 3 aromatic rings.